The molecule has 0 aliphatic rings. The maximum absolute atomic E-state index is 6.37. The first-order valence-corrected chi connectivity index (χ1v) is 26.4. The molecule has 0 saturated carbocycles. The van der Waals surface area contributed by atoms with E-state index in [-0.39, 0.29) is 0 Å². The summed E-state index contributed by atoms with van der Waals surface area (Å²) in [6.07, 6.45) is 0.431. The van der Waals surface area contributed by atoms with Gasteiger partial charge in [0.15, 0.2) is 34.5 Å². The van der Waals surface area contributed by atoms with Crippen molar-refractivity contribution in [3.63, 3.8) is 0 Å². The molecule has 0 spiro atoms. The van der Waals surface area contributed by atoms with Gasteiger partial charge in [-0.1, -0.05) is 0 Å². The van der Waals surface area contributed by atoms with E-state index in [0.717, 1.165) is 31.8 Å². The number of halogens is 2. The van der Waals surface area contributed by atoms with E-state index >= 15 is 0 Å². The average molecular weight is 1080 g/mol. The van der Waals surface area contributed by atoms with E-state index < -0.39 is 23.7 Å². The molecule has 2 atom stereocenters. The van der Waals surface area contributed by atoms with Crippen LogP contribution in [0, 0.1) is 0 Å². The highest BCUT2D eigenvalue weighted by Gasteiger charge is 2.63. The van der Waals surface area contributed by atoms with Crippen LogP contribution in [-0.2, 0) is 0 Å². The molecular formula is C51H58Br2O12P2+2. The SMILES string of the molecule is COc1ccc([P+](c2ccc(OC)cc2OC)(c2ccc(OC)cc2OC)C(Br)CC(Br)[P+](c2ccc(OC)cc2OC)(c2ccc(OC)cc2OC)c2ccc(OC)cc2OC)c(OC)c1. The molecule has 16 heteroatoms. The van der Waals surface area contributed by atoms with Crippen molar-refractivity contribution in [3.05, 3.63) is 109 Å². The lowest BCUT2D eigenvalue weighted by atomic mass is 10.3. The van der Waals surface area contributed by atoms with Crippen molar-refractivity contribution >= 4 is 78.2 Å². The van der Waals surface area contributed by atoms with E-state index in [1.54, 1.807) is 85.3 Å². The summed E-state index contributed by atoms with van der Waals surface area (Å²) in [5.74, 6) is 7.37. The number of hydrogen-bond acceptors (Lipinski definition) is 12. The summed E-state index contributed by atoms with van der Waals surface area (Å²) >= 11 is 9.04. The predicted octanol–water partition coefficient (Wildman–Crippen LogP) is 8.91. The van der Waals surface area contributed by atoms with Gasteiger partial charge in [0.05, 0.1) is 85.3 Å². The first-order valence-electron chi connectivity index (χ1n) is 20.9. The molecule has 0 bridgehead atoms. The van der Waals surface area contributed by atoms with Gasteiger partial charge in [0, 0.05) is 42.8 Å². The van der Waals surface area contributed by atoms with E-state index in [2.05, 4.69) is 68.3 Å². The first kappa shape index (κ1) is 51.1. The molecule has 67 heavy (non-hydrogen) atoms. The van der Waals surface area contributed by atoms with Crippen LogP contribution in [-0.4, -0.2) is 94.5 Å². The van der Waals surface area contributed by atoms with Gasteiger partial charge in [0.2, 0.25) is 0 Å². The molecule has 0 saturated heterocycles. The number of methoxy groups -OCH3 is 12. The van der Waals surface area contributed by atoms with E-state index in [9.17, 15) is 0 Å². The van der Waals surface area contributed by atoms with Crippen LogP contribution in [0.15, 0.2) is 109 Å². The molecule has 0 fully saturated rings. The Labute approximate surface area is 411 Å². The summed E-state index contributed by atoms with van der Waals surface area (Å²) in [6.45, 7) is 0. The molecule has 6 aromatic rings. The zero-order valence-corrected chi connectivity index (χ0v) is 44.8. The van der Waals surface area contributed by atoms with E-state index in [0.29, 0.717) is 75.4 Å². The molecule has 0 radical (unpaired) electrons. The van der Waals surface area contributed by atoms with Crippen LogP contribution in [0.25, 0.3) is 0 Å². The summed E-state index contributed by atoms with van der Waals surface area (Å²) in [5.41, 5.74) is 0. The summed E-state index contributed by atoms with van der Waals surface area (Å²) in [4.78, 5) is 0. The maximum Gasteiger partial charge on any atom is 0.165 e. The smallest absolute Gasteiger partial charge is 0.165 e. The van der Waals surface area contributed by atoms with Crippen molar-refractivity contribution in [2.45, 2.75) is 15.6 Å². The second kappa shape index (κ2) is 22.7. The Kier molecular flexibility index (Phi) is 17.3. The molecule has 12 nitrogen and oxygen atoms in total. The van der Waals surface area contributed by atoms with Crippen molar-refractivity contribution in [2.24, 2.45) is 0 Å². The van der Waals surface area contributed by atoms with Crippen molar-refractivity contribution < 1.29 is 56.8 Å². The Morgan fingerprint density at radius 1 is 0.284 bits per heavy atom. The molecular weight excluding hydrogens is 1030 g/mol. The molecule has 0 heterocycles. The lowest BCUT2D eigenvalue weighted by molar-refractivity contribution is 0.395. The quantitative estimate of drug-likeness (QED) is 0.0479. The van der Waals surface area contributed by atoms with Crippen LogP contribution in [0.4, 0.5) is 0 Å². The monoisotopic (exact) mass is 1080 g/mol. The Morgan fingerprint density at radius 3 is 0.582 bits per heavy atom. The van der Waals surface area contributed by atoms with Crippen molar-refractivity contribution in [3.8, 4) is 69.0 Å². The Morgan fingerprint density at radius 2 is 0.448 bits per heavy atom. The minimum absolute atomic E-state index is 0.431. The first-order chi connectivity index (χ1) is 32.5. The third kappa shape index (κ3) is 9.47. The summed E-state index contributed by atoms with van der Waals surface area (Å²) < 4.78 is 72.1. The van der Waals surface area contributed by atoms with Crippen LogP contribution < -0.4 is 88.7 Å². The van der Waals surface area contributed by atoms with Crippen LogP contribution in [0.1, 0.15) is 6.42 Å². The zero-order valence-electron chi connectivity index (χ0n) is 39.8. The van der Waals surface area contributed by atoms with Gasteiger partial charge in [-0.15, -0.1) is 0 Å². The maximum atomic E-state index is 6.37. The minimum Gasteiger partial charge on any atom is -0.497 e. The molecule has 6 rings (SSSR count). The van der Waals surface area contributed by atoms with Gasteiger partial charge in [-0.3, -0.25) is 0 Å². The number of alkyl halides is 2. The van der Waals surface area contributed by atoms with Gasteiger partial charge in [-0.05, 0) is 105 Å². The topological polar surface area (TPSA) is 111 Å². The number of rotatable bonds is 22. The van der Waals surface area contributed by atoms with Crippen LogP contribution in [0.2, 0.25) is 0 Å². The molecule has 0 aliphatic carbocycles. The fourth-order valence-electron chi connectivity index (χ4n) is 8.62. The van der Waals surface area contributed by atoms with Crippen molar-refractivity contribution in [1.29, 1.82) is 0 Å². The second-order valence-corrected chi connectivity index (χ2v) is 25.4. The number of benzene rings is 6. The fraction of sp³-hybridized carbons (Fsp3) is 0.294. The normalized spacial score (nSPS) is 12.3. The summed E-state index contributed by atoms with van der Waals surface area (Å²) in [7, 11) is 13.4. The largest absolute Gasteiger partial charge is 0.497 e. The number of hydrogen-bond donors (Lipinski definition) is 0. The van der Waals surface area contributed by atoms with Gasteiger partial charge in [-0.25, -0.2) is 0 Å². The highest BCUT2D eigenvalue weighted by Crippen LogP contribution is 2.73. The summed E-state index contributed by atoms with van der Waals surface area (Å²) in [6, 6.07) is 35.6. The number of ether oxygens (including phenoxy) is 12. The fourth-order valence-corrected chi connectivity index (χ4v) is 23.9. The van der Waals surface area contributed by atoms with Crippen LogP contribution in [0.3, 0.4) is 0 Å². The third-order valence-electron chi connectivity index (χ3n) is 11.8. The molecule has 0 aromatic heterocycles. The van der Waals surface area contributed by atoms with Gasteiger partial charge in [0.1, 0.15) is 90.0 Å². The minimum atomic E-state index is -3.18. The highest BCUT2D eigenvalue weighted by atomic mass is 79.9. The van der Waals surface area contributed by atoms with E-state index in [4.69, 9.17) is 56.8 Å². The lowest BCUT2D eigenvalue weighted by Crippen LogP contribution is -2.42. The van der Waals surface area contributed by atoms with Crippen LogP contribution >= 0.6 is 46.4 Å². The summed E-state index contributed by atoms with van der Waals surface area (Å²) in [5, 5.41) is 5.33. The third-order valence-corrected chi connectivity index (χ3v) is 25.1. The molecule has 356 valence electrons. The predicted molar refractivity (Wildman–Crippen MR) is 279 cm³/mol. The van der Waals surface area contributed by atoms with Gasteiger partial charge < -0.3 is 56.8 Å². The van der Waals surface area contributed by atoms with Crippen molar-refractivity contribution in [1.82, 2.24) is 0 Å². The van der Waals surface area contributed by atoms with Crippen molar-refractivity contribution in [2.75, 3.05) is 85.3 Å². The second-order valence-electron chi connectivity index (χ2n) is 14.8. The average Bonchev–Trinajstić information content (AvgIpc) is 3.38. The van der Waals surface area contributed by atoms with Gasteiger partial charge >= 0.3 is 0 Å². The Balaban J connectivity index is 1.84. The zero-order chi connectivity index (χ0) is 48.5. The van der Waals surface area contributed by atoms with Crippen LogP contribution in [0.5, 0.6) is 69.0 Å². The van der Waals surface area contributed by atoms with E-state index in [1.807, 2.05) is 72.8 Å². The molecule has 0 N–H and O–H groups in total. The molecule has 0 amide bonds. The van der Waals surface area contributed by atoms with Gasteiger partial charge in [0.25, 0.3) is 0 Å². The molecule has 2 unspecified atom stereocenters. The highest BCUT2D eigenvalue weighted by molar-refractivity contribution is 9.11. The Bertz CT molecular complexity index is 2200. The van der Waals surface area contributed by atoms with Gasteiger partial charge in [-0.2, -0.15) is 0 Å². The lowest BCUT2D eigenvalue weighted by Gasteiger charge is -2.38. The standard InChI is InChI=1S/C51H58Br2O12P2/c1-54-32-13-19-44(38(25-32)60-7)66(45-20-14-33(55-2)26-39(45)61-8,46-21-15-34(56-3)27-40(46)62-9)50(52)31-51(53)67(47-22-16-35(57-4)28-41(47)63-10,48-23-17-36(58-5)29-42(48)64-11)49-24-18-37(59-6)30-43(49)65-12/h13-30,50-51H,31H2,1-12H3/q+2. The molecule has 6 aromatic carbocycles. The van der Waals surface area contributed by atoms with E-state index in [1.165, 1.54) is 0 Å². The Hall–Kier alpha value is -5.26. The molecule has 0 aliphatic heterocycles.